The van der Waals surface area contributed by atoms with Gasteiger partial charge in [-0.05, 0) is 32.6 Å². The van der Waals surface area contributed by atoms with Crippen LogP contribution in [0.2, 0.25) is 0 Å². The van der Waals surface area contributed by atoms with Gasteiger partial charge in [-0.2, -0.15) is 0 Å². The highest BCUT2D eigenvalue weighted by atomic mass is 35.5. The fourth-order valence-corrected chi connectivity index (χ4v) is 4.10. The third-order valence-electron chi connectivity index (χ3n) is 4.76. The Morgan fingerprint density at radius 1 is 1.35 bits per heavy atom. The molecule has 0 aliphatic heterocycles. The van der Waals surface area contributed by atoms with Gasteiger partial charge in [0.1, 0.15) is 0 Å². The van der Waals surface area contributed by atoms with Crippen molar-refractivity contribution in [3.05, 3.63) is 20.2 Å². The number of rotatable bonds is 6. The second-order valence-electron chi connectivity index (χ2n) is 6.22. The van der Waals surface area contributed by atoms with E-state index in [0.717, 1.165) is 23.4 Å². The lowest BCUT2D eigenvalue weighted by molar-refractivity contribution is -0.122. The average molecular weight is 362 g/mol. The number of amides is 1. The minimum Gasteiger partial charge on any atom is -0.352 e. The number of carbonyl (C=O) groups is 1. The van der Waals surface area contributed by atoms with Crippen LogP contribution < -0.4 is 15.9 Å². The number of nitrogens with one attached hydrogen (secondary N) is 1. The zero-order chi connectivity index (χ0) is 16.1. The van der Waals surface area contributed by atoms with E-state index < -0.39 is 0 Å². The molecule has 1 aliphatic rings. The highest BCUT2D eigenvalue weighted by Crippen LogP contribution is 2.26. The molecule has 1 fully saturated rings. The van der Waals surface area contributed by atoms with Crippen molar-refractivity contribution in [3.8, 4) is 0 Å². The van der Waals surface area contributed by atoms with Crippen molar-refractivity contribution >= 4 is 29.7 Å². The van der Waals surface area contributed by atoms with E-state index in [0.29, 0.717) is 25.4 Å². The molecule has 1 saturated carbocycles. The predicted molar refractivity (Wildman–Crippen MR) is 97.5 cm³/mol. The van der Waals surface area contributed by atoms with E-state index in [1.54, 1.807) is 4.57 Å². The molecule has 0 bridgehead atoms. The Labute approximate surface area is 148 Å². The number of aryl methyl sites for hydroxylation is 1. The van der Waals surface area contributed by atoms with Crippen molar-refractivity contribution < 1.29 is 4.79 Å². The van der Waals surface area contributed by atoms with Crippen LogP contribution in [0.25, 0.3) is 0 Å². The van der Waals surface area contributed by atoms with E-state index in [2.05, 4.69) is 5.32 Å². The molecule has 0 spiro atoms. The molecular formula is C16H28ClN3O2S. The Morgan fingerprint density at radius 2 is 2.00 bits per heavy atom. The zero-order valence-electron chi connectivity index (χ0n) is 14.0. The molecular weight excluding hydrogens is 334 g/mol. The average Bonchev–Trinajstić information content (AvgIpc) is 2.76. The number of halogens is 1. The van der Waals surface area contributed by atoms with E-state index in [1.165, 1.54) is 30.6 Å². The van der Waals surface area contributed by atoms with E-state index in [1.807, 2.05) is 13.8 Å². The first-order valence-corrected chi connectivity index (χ1v) is 9.00. The van der Waals surface area contributed by atoms with Gasteiger partial charge in [0.2, 0.25) is 5.91 Å². The summed E-state index contributed by atoms with van der Waals surface area (Å²) < 4.78 is 1.69. The van der Waals surface area contributed by atoms with Crippen LogP contribution in [0.3, 0.4) is 0 Å². The number of carbonyl (C=O) groups excluding carboxylic acids is 1. The van der Waals surface area contributed by atoms with Gasteiger partial charge in [-0.25, -0.2) is 0 Å². The first-order chi connectivity index (χ1) is 10.5. The quantitative estimate of drug-likeness (QED) is 0.816. The van der Waals surface area contributed by atoms with E-state index >= 15 is 0 Å². The third-order valence-corrected chi connectivity index (χ3v) is 5.75. The molecule has 1 amide bonds. The highest BCUT2D eigenvalue weighted by Gasteiger charge is 2.23. The monoisotopic (exact) mass is 361 g/mol. The van der Waals surface area contributed by atoms with Crippen molar-refractivity contribution in [2.45, 2.75) is 65.0 Å². The van der Waals surface area contributed by atoms with Crippen molar-refractivity contribution in [1.29, 1.82) is 0 Å². The van der Waals surface area contributed by atoms with Gasteiger partial charge in [0, 0.05) is 36.1 Å². The number of hydrogen-bond acceptors (Lipinski definition) is 4. The van der Waals surface area contributed by atoms with Gasteiger partial charge in [0.25, 0.3) is 0 Å². The van der Waals surface area contributed by atoms with Crippen LogP contribution in [0, 0.1) is 19.8 Å². The lowest BCUT2D eigenvalue weighted by Crippen LogP contribution is -2.46. The Kier molecular flexibility index (Phi) is 8.29. The van der Waals surface area contributed by atoms with E-state index in [4.69, 9.17) is 5.73 Å². The van der Waals surface area contributed by atoms with Gasteiger partial charge in [-0.1, -0.05) is 30.6 Å². The van der Waals surface area contributed by atoms with Gasteiger partial charge in [0.05, 0.1) is 0 Å². The van der Waals surface area contributed by atoms with Gasteiger partial charge in [0.15, 0.2) is 0 Å². The van der Waals surface area contributed by atoms with Crippen LogP contribution in [0.4, 0.5) is 0 Å². The second-order valence-corrected chi connectivity index (χ2v) is 7.38. The van der Waals surface area contributed by atoms with E-state index in [-0.39, 0.29) is 29.2 Å². The molecule has 2 rings (SSSR count). The molecule has 1 atom stereocenters. The summed E-state index contributed by atoms with van der Waals surface area (Å²) in [4.78, 5) is 25.0. The smallest absolute Gasteiger partial charge is 0.307 e. The first-order valence-electron chi connectivity index (χ1n) is 8.19. The molecule has 23 heavy (non-hydrogen) atoms. The maximum absolute atomic E-state index is 12.2. The summed E-state index contributed by atoms with van der Waals surface area (Å²) in [7, 11) is 0. The molecule has 1 aromatic rings. The summed E-state index contributed by atoms with van der Waals surface area (Å²) in [6, 6.07) is 0.0785. The molecule has 7 heteroatoms. The second kappa shape index (κ2) is 9.45. The topological polar surface area (TPSA) is 77.1 Å². The van der Waals surface area contributed by atoms with Crippen molar-refractivity contribution in [3.63, 3.8) is 0 Å². The standard InChI is InChI=1S/C16H27N3O2S.ClH/c1-11-12(2)22-16(21)19(11)9-8-15(20)18-14(10-17)13-6-4-3-5-7-13;/h13-14H,3-10,17H2,1-2H3,(H,18,20);1H. The number of nitrogens with zero attached hydrogens (tertiary/aromatic N) is 1. The molecule has 5 nitrogen and oxygen atoms in total. The molecule has 1 aliphatic carbocycles. The summed E-state index contributed by atoms with van der Waals surface area (Å²) in [5.41, 5.74) is 6.81. The minimum absolute atomic E-state index is 0. The molecule has 1 heterocycles. The number of thiazole rings is 1. The molecule has 0 saturated heterocycles. The maximum Gasteiger partial charge on any atom is 0.307 e. The lowest BCUT2D eigenvalue weighted by atomic mass is 9.84. The molecule has 0 aromatic carbocycles. The molecule has 3 N–H and O–H groups in total. The van der Waals surface area contributed by atoms with Gasteiger partial charge in [-0.15, -0.1) is 12.4 Å². The molecule has 1 unspecified atom stereocenters. The minimum atomic E-state index is -0.00354. The van der Waals surface area contributed by atoms with Crippen molar-refractivity contribution in [2.24, 2.45) is 11.7 Å². The zero-order valence-corrected chi connectivity index (χ0v) is 15.6. The highest BCUT2D eigenvalue weighted by molar-refractivity contribution is 7.09. The van der Waals surface area contributed by atoms with Crippen molar-refractivity contribution in [2.75, 3.05) is 6.54 Å². The lowest BCUT2D eigenvalue weighted by Gasteiger charge is -2.30. The summed E-state index contributed by atoms with van der Waals surface area (Å²) >= 11 is 1.24. The largest absolute Gasteiger partial charge is 0.352 e. The van der Waals surface area contributed by atoms with Gasteiger partial charge >= 0.3 is 4.87 Å². The molecule has 0 radical (unpaired) electrons. The Balaban J connectivity index is 0.00000264. The van der Waals surface area contributed by atoms with Crippen LogP contribution in [-0.2, 0) is 11.3 Å². The fourth-order valence-electron chi connectivity index (χ4n) is 3.24. The summed E-state index contributed by atoms with van der Waals surface area (Å²) in [5.74, 6) is 0.506. The Hall–Kier alpha value is -0.850. The summed E-state index contributed by atoms with van der Waals surface area (Å²) in [6.45, 7) is 4.80. The van der Waals surface area contributed by atoms with Crippen molar-refractivity contribution in [1.82, 2.24) is 9.88 Å². The van der Waals surface area contributed by atoms with Crippen LogP contribution in [0.15, 0.2) is 4.79 Å². The summed E-state index contributed by atoms with van der Waals surface area (Å²) in [6.07, 6.45) is 6.41. The Bertz CT molecular complexity index is 564. The first kappa shape index (κ1) is 20.2. The molecule has 132 valence electrons. The summed E-state index contributed by atoms with van der Waals surface area (Å²) in [5, 5.41) is 3.08. The normalized spacial score (nSPS) is 16.7. The third kappa shape index (κ3) is 5.33. The SMILES string of the molecule is Cc1sc(=O)n(CCC(=O)NC(CN)C2CCCCC2)c1C.Cl. The van der Waals surface area contributed by atoms with Crippen LogP contribution >= 0.6 is 23.7 Å². The van der Waals surface area contributed by atoms with Crippen LogP contribution in [-0.4, -0.2) is 23.1 Å². The number of aromatic nitrogens is 1. The number of hydrogen-bond donors (Lipinski definition) is 2. The predicted octanol–water partition coefficient (Wildman–Crippen LogP) is 2.36. The Morgan fingerprint density at radius 3 is 2.52 bits per heavy atom. The van der Waals surface area contributed by atoms with Crippen LogP contribution in [0.1, 0.15) is 49.1 Å². The number of nitrogens with two attached hydrogens (primary N) is 1. The fraction of sp³-hybridized carbons (Fsp3) is 0.750. The van der Waals surface area contributed by atoms with E-state index in [9.17, 15) is 9.59 Å². The van der Waals surface area contributed by atoms with Gasteiger partial charge in [-0.3, -0.25) is 9.59 Å². The maximum atomic E-state index is 12.2. The molecule has 1 aromatic heterocycles. The van der Waals surface area contributed by atoms with Gasteiger partial charge < -0.3 is 15.6 Å². The van der Waals surface area contributed by atoms with Crippen LogP contribution in [0.5, 0.6) is 0 Å².